The van der Waals surface area contributed by atoms with Crippen LogP contribution in [0.4, 0.5) is 4.39 Å². The van der Waals surface area contributed by atoms with Crippen LogP contribution in [0.5, 0.6) is 0 Å². The van der Waals surface area contributed by atoms with Gasteiger partial charge < -0.3 is 9.42 Å². The summed E-state index contributed by atoms with van der Waals surface area (Å²) in [4.78, 5) is 13.8. The molecule has 7 nitrogen and oxygen atoms in total. The number of hydrogen-bond donors (Lipinski definition) is 0. The second-order valence-electron chi connectivity index (χ2n) is 9.98. The van der Waals surface area contributed by atoms with E-state index in [0.29, 0.717) is 34.8 Å². The molecule has 1 aliphatic heterocycles. The number of aldehydes is 1. The number of carbonyl (C=O) groups is 1. The van der Waals surface area contributed by atoms with Crippen molar-refractivity contribution >= 4 is 38.2 Å². The normalized spacial score (nSPS) is 21.0. The quantitative estimate of drug-likeness (QED) is 0.329. The number of aromatic nitrogens is 2. The number of para-hydroxylation sites is 1. The second-order valence-corrected chi connectivity index (χ2v) is 12.3. The van der Waals surface area contributed by atoms with Crippen LogP contribution in [0.3, 0.4) is 0 Å². The number of halogens is 1. The van der Waals surface area contributed by atoms with Crippen molar-refractivity contribution < 1.29 is 22.1 Å². The molecule has 0 amide bonds. The van der Waals surface area contributed by atoms with Crippen molar-refractivity contribution in [3.05, 3.63) is 89.7 Å². The Morgan fingerprint density at radius 3 is 2.70 bits per heavy atom. The van der Waals surface area contributed by atoms with Crippen LogP contribution in [0.1, 0.15) is 48.2 Å². The van der Waals surface area contributed by atoms with Gasteiger partial charge in [0.2, 0.25) is 10.0 Å². The molecule has 0 N–H and O–H groups in total. The molecular formula is C28H26FN3O4S. The van der Waals surface area contributed by atoms with Gasteiger partial charge in [0, 0.05) is 53.3 Å². The Labute approximate surface area is 213 Å². The molecule has 2 aliphatic rings. The maximum absolute atomic E-state index is 13.9. The topological polar surface area (TPSA) is 85.4 Å². The molecule has 1 saturated heterocycles. The smallest absolute Gasteiger partial charge is 0.248 e. The third-order valence-corrected chi connectivity index (χ3v) is 9.94. The lowest BCUT2D eigenvalue weighted by Crippen LogP contribution is -2.41. The minimum atomic E-state index is -3.87. The molecule has 0 saturated carbocycles. The Morgan fingerprint density at radius 1 is 1.14 bits per heavy atom. The highest BCUT2D eigenvalue weighted by molar-refractivity contribution is 7.91. The van der Waals surface area contributed by atoms with Gasteiger partial charge in [0.1, 0.15) is 10.6 Å². The average Bonchev–Trinajstić information content (AvgIpc) is 3.50. The summed E-state index contributed by atoms with van der Waals surface area (Å²) in [6.07, 6.45) is 9.81. The van der Waals surface area contributed by atoms with Crippen molar-refractivity contribution in [1.82, 2.24) is 14.0 Å². The second kappa shape index (κ2) is 8.69. The van der Waals surface area contributed by atoms with E-state index >= 15 is 0 Å². The molecule has 0 radical (unpaired) electrons. The van der Waals surface area contributed by atoms with E-state index in [1.54, 1.807) is 37.3 Å². The maximum atomic E-state index is 13.9. The molecule has 1 atom stereocenters. The van der Waals surface area contributed by atoms with Crippen molar-refractivity contribution in [3.8, 4) is 0 Å². The van der Waals surface area contributed by atoms with Crippen molar-refractivity contribution in [2.24, 2.45) is 0 Å². The molecule has 2 aromatic carbocycles. The van der Waals surface area contributed by atoms with E-state index in [1.807, 2.05) is 18.2 Å². The third kappa shape index (κ3) is 3.80. The van der Waals surface area contributed by atoms with Crippen LogP contribution in [-0.4, -0.2) is 46.6 Å². The van der Waals surface area contributed by atoms with Gasteiger partial charge in [-0.25, -0.2) is 16.8 Å². The van der Waals surface area contributed by atoms with Crippen molar-refractivity contribution in [2.45, 2.75) is 36.9 Å². The standard InChI is InChI=1S/C28H26FN3O4S/c1-28(37(34,35)32-17-20(18-33)23-6-2-3-7-25(23)32)12-4-5-22(16-28)31-13-10-19(11-14-31)27-24-9-8-21(29)15-26(24)36-30-27/h2-9,15-19H,10-14H2,1H3. The number of hydrogen-bond acceptors (Lipinski definition) is 6. The number of piperidine rings is 1. The first-order valence-electron chi connectivity index (χ1n) is 12.3. The van der Waals surface area contributed by atoms with Crippen LogP contribution in [0.15, 0.2) is 77.1 Å². The molecule has 0 bridgehead atoms. The van der Waals surface area contributed by atoms with E-state index in [4.69, 9.17) is 4.52 Å². The number of carbonyl (C=O) groups excluding carboxylic acids is 1. The fourth-order valence-electron chi connectivity index (χ4n) is 5.54. The van der Waals surface area contributed by atoms with Gasteiger partial charge in [-0.3, -0.25) is 4.79 Å². The highest BCUT2D eigenvalue weighted by Gasteiger charge is 2.41. The van der Waals surface area contributed by atoms with Crippen molar-refractivity contribution in [3.63, 3.8) is 0 Å². The van der Waals surface area contributed by atoms with Gasteiger partial charge >= 0.3 is 0 Å². The van der Waals surface area contributed by atoms with Gasteiger partial charge in [0.05, 0.1) is 11.2 Å². The minimum absolute atomic E-state index is 0.180. The van der Waals surface area contributed by atoms with Crippen LogP contribution in [0.25, 0.3) is 21.9 Å². The van der Waals surface area contributed by atoms with Gasteiger partial charge in [0.25, 0.3) is 0 Å². The van der Waals surface area contributed by atoms with Crippen LogP contribution in [0, 0.1) is 5.82 Å². The summed E-state index contributed by atoms with van der Waals surface area (Å²) < 4.78 is 46.8. The Morgan fingerprint density at radius 2 is 1.92 bits per heavy atom. The molecule has 190 valence electrons. The zero-order valence-electron chi connectivity index (χ0n) is 20.3. The zero-order chi connectivity index (χ0) is 25.8. The lowest BCUT2D eigenvalue weighted by Gasteiger charge is -2.37. The minimum Gasteiger partial charge on any atom is -0.372 e. The molecule has 1 unspecified atom stereocenters. The average molecular weight is 520 g/mol. The van der Waals surface area contributed by atoms with Crippen LogP contribution >= 0.6 is 0 Å². The van der Waals surface area contributed by atoms with Gasteiger partial charge in [-0.1, -0.05) is 29.4 Å². The SMILES string of the molecule is CC1(S(=O)(=O)n2cc(C=O)c3ccccc32)C=C(N2CCC(c3noc4cc(F)ccc34)CC2)C=CC1. The molecule has 4 aromatic rings. The van der Waals surface area contributed by atoms with Gasteiger partial charge in [0.15, 0.2) is 11.9 Å². The van der Waals surface area contributed by atoms with Gasteiger partial charge in [-0.05, 0) is 56.5 Å². The Balaban J connectivity index is 1.26. The Bertz CT molecular complexity index is 1690. The molecule has 1 aliphatic carbocycles. The van der Waals surface area contributed by atoms with Crippen molar-refractivity contribution in [2.75, 3.05) is 13.1 Å². The van der Waals surface area contributed by atoms with Crippen LogP contribution in [-0.2, 0) is 10.0 Å². The highest BCUT2D eigenvalue weighted by Crippen LogP contribution is 2.38. The number of allylic oxidation sites excluding steroid dienone is 2. The molecule has 6 rings (SSSR count). The lowest BCUT2D eigenvalue weighted by molar-refractivity contribution is 0.112. The summed E-state index contributed by atoms with van der Waals surface area (Å²) in [7, 11) is -3.87. The Kier molecular flexibility index (Phi) is 5.56. The molecule has 37 heavy (non-hydrogen) atoms. The van der Waals surface area contributed by atoms with E-state index in [2.05, 4.69) is 10.1 Å². The first-order valence-corrected chi connectivity index (χ1v) is 13.7. The number of fused-ring (bicyclic) bond motifs is 2. The van der Waals surface area contributed by atoms with Crippen LogP contribution < -0.4 is 0 Å². The third-order valence-electron chi connectivity index (χ3n) is 7.66. The molecular weight excluding hydrogens is 493 g/mol. The summed E-state index contributed by atoms with van der Waals surface area (Å²) in [5.74, 6) is -0.173. The Hall–Kier alpha value is -3.72. The van der Waals surface area contributed by atoms with E-state index < -0.39 is 14.8 Å². The van der Waals surface area contributed by atoms with Gasteiger partial charge in [-0.15, -0.1) is 0 Å². The zero-order valence-corrected chi connectivity index (χ0v) is 21.1. The van der Waals surface area contributed by atoms with E-state index in [-0.39, 0.29) is 11.7 Å². The summed E-state index contributed by atoms with van der Waals surface area (Å²) >= 11 is 0. The first kappa shape index (κ1) is 23.7. The first-order chi connectivity index (χ1) is 17.8. The maximum Gasteiger partial charge on any atom is 0.248 e. The van der Waals surface area contributed by atoms with E-state index in [1.165, 1.54) is 22.3 Å². The van der Waals surface area contributed by atoms with Gasteiger partial charge in [-0.2, -0.15) is 0 Å². The number of nitrogens with zero attached hydrogens (tertiary/aromatic N) is 3. The molecule has 0 spiro atoms. The number of rotatable bonds is 5. The monoisotopic (exact) mass is 519 g/mol. The summed E-state index contributed by atoms with van der Waals surface area (Å²) in [6.45, 7) is 3.19. The summed E-state index contributed by atoms with van der Waals surface area (Å²) in [5.41, 5.74) is 3.02. The fraction of sp³-hybridized carbons (Fsp3) is 0.286. The van der Waals surface area contributed by atoms with Crippen LogP contribution in [0.2, 0.25) is 0 Å². The van der Waals surface area contributed by atoms with E-state index in [0.717, 1.165) is 42.7 Å². The summed E-state index contributed by atoms with van der Waals surface area (Å²) in [6, 6.07) is 11.5. The largest absolute Gasteiger partial charge is 0.372 e. The highest BCUT2D eigenvalue weighted by atomic mass is 32.2. The predicted octanol–water partition coefficient (Wildman–Crippen LogP) is 5.39. The number of benzene rings is 2. The fourth-order valence-corrected chi connectivity index (χ4v) is 7.24. The number of likely N-dealkylation sites (tertiary alicyclic amines) is 1. The summed E-state index contributed by atoms with van der Waals surface area (Å²) in [5, 5.41) is 5.68. The lowest BCUT2D eigenvalue weighted by atomic mass is 9.90. The van der Waals surface area contributed by atoms with E-state index in [9.17, 15) is 17.6 Å². The molecule has 1 fully saturated rings. The predicted molar refractivity (Wildman–Crippen MR) is 139 cm³/mol. The molecule has 3 heterocycles. The molecule has 9 heteroatoms. The molecule has 2 aromatic heterocycles. The van der Waals surface area contributed by atoms with Crippen molar-refractivity contribution in [1.29, 1.82) is 0 Å².